The number of benzene rings is 2. The molecule has 2 aromatic rings. The fraction of sp³-hybridized carbons (Fsp3) is 0.294. The molecule has 0 aliphatic carbocycles. The molecule has 0 amide bonds. The molecule has 0 aromatic heterocycles. The summed E-state index contributed by atoms with van der Waals surface area (Å²) >= 11 is 9.62. The Morgan fingerprint density at radius 1 is 1.05 bits per heavy atom. The van der Waals surface area contributed by atoms with Crippen LogP contribution < -0.4 is 9.80 Å². The third kappa shape index (κ3) is 4.00. The first-order valence-corrected chi connectivity index (χ1v) is 8.46. The molecule has 1 saturated heterocycles. The predicted octanol–water partition coefficient (Wildman–Crippen LogP) is 3.01. The minimum absolute atomic E-state index is 0.816. The van der Waals surface area contributed by atoms with Gasteiger partial charge in [-0.2, -0.15) is 0 Å². The van der Waals surface area contributed by atoms with Gasteiger partial charge in [-0.1, -0.05) is 45.7 Å². The molecule has 0 bridgehead atoms. The van der Waals surface area contributed by atoms with Crippen molar-refractivity contribution in [3.05, 3.63) is 63.6 Å². The van der Waals surface area contributed by atoms with Crippen LogP contribution in [0.15, 0.2) is 53.0 Å². The fourth-order valence-electron chi connectivity index (χ4n) is 2.87. The van der Waals surface area contributed by atoms with Gasteiger partial charge >= 0.3 is 0 Å². The van der Waals surface area contributed by atoms with Gasteiger partial charge in [-0.15, -0.1) is 0 Å². The van der Waals surface area contributed by atoms with Crippen LogP contribution in [0.2, 0.25) is 5.02 Å². The Balaban J connectivity index is 1.58. The predicted molar refractivity (Wildman–Crippen MR) is 92.2 cm³/mol. The summed E-state index contributed by atoms with van der Waals surface area (Å²) in [6.45, 7) is 5.61. The molecule has 4 heteroatoms. The van der Waals surface area contributed by atoms with Crippen molar-refractivity contribution < 1.29 is 4.90 Å². The van der Waals surface area contributed by atoms with Crippen LogP contribution in [0.5, 0.6) is 0 Å². The van der Waals surface area contributed by atoms with Gasteiger partial charge in [0.25, 0.3) is 0 Å². The molecule has 0 atom stereocenters. The minimum atomic E-state index is 0.816. The van der Waals surface area contributed by atoms with Crippen LogP contribution in [-0.4, -0.2) is 26.2 Å². The number of anilines is 1. The second kappa shape index (κ2) is 6.82. The monoisotopic (exact) mass is 365 g/mol. The number of hydrogen-bond acceptors (Lipinski definition) is 1. The number of quaternary nitrogens is 1. The molecule has 1 fully saturated rings. The lowest BCUT2D eigenvalue weighted by Gasteiger charge is -2.33. The van der Waals surface area contributed by atoms with Crippen LogP contribution >= 0.6 is 27.5 Å². The maximum absolute atomic E-state index is 6.08. The van der Waals surface area contributed by atoms with Gasteiger partial charge in [-0.3, -0.25) is 0 Å². The molecule has 0 saturated carbocycles. The number of nitrogens with one attached hydrogen (secondary N) is 1. The Morgan fingerprint density at radius 3 is 2.52 bits per heavy atom. The third-order valence-corrected chi connectivity index (χ3v) is 4.72. The smallest absolute Gasteiger partial charge is 0.103 e. The first-order valence-electron chi connectivity index (χ1n) is 7.29. The van der Waals surface area contributed by atoms with Crippen LogP contribution in [0, 0.1) is 0 Å². The highest BCUT2D eigenvalue weighted by Crippen LogP contribution is 2.19. The van der Waals surface area contributed by atoms with Crippen molar-refractivity contribution in [1.29, 1.82) is 0 Å². The molecule has 0 unspecified atom stereocenters. The zero-order valence-corrected chi connectivity index (χ0v) is 14.2. The number of rotatable bonds is 3. The van der Waals surface area contributed by atoms with E-state index in [-0.39, 0.29) is 0 Å². The highest BCUT2D eigenvalue weighted by atomic mass is 79.9. The van der Waals surface area contributed by atoms with E-state index in [4.69, 9.17) is 11.6 Å². The van der Waals surface area contributed by atoms with Gasteiger partial charge in [-0.25, -0.2) is 0 Å². The molecule has 110 valence electrons. The Bertz CT molecular complexity index is 609. The van der Waals surface area contributed by atoms with E-state index in [1.165, 1.54) is 24.3 Å². The molecule has 0 radical (unpaired) electrons. The van der Waals surface area contributed by atoms with Crippen LogP contribution in [0.25, 0.3) is 0 Å². The van der Waals surface area contributed by atoms with Crippen molar-refractivity contribution in [2.75, 3.05) is 31.1 Å². The van der Waals surface area contributed by atoms with E-state index < -0.39 is 0 Å². The molecular weight excluding hydrogens is 348 g/mol. The summed E-state index contributed by atoms with van der Waals surface area (Å²) in [5, 5.41) is 0.816. The van der Waals surface area contributed by atoms with E-state index >= 15 is 0 Å². The molecule has 21 heavy (non-hydrogen) atoms. The van der Waals surface area contributed by atoms with Gasteiger partial charge in [-0.05, 0) is 30.3 Å². The molecular formula is C17H19BrClN2+. The average Bonchev–Trinajstić information content (AvgIpc) is 2.48. The van der Waals surface area contributed by atoms with Crippen molar-refractivity contribution in [3.8, 4) is 0 Å². The molecule has 3 rings (SSSR count). The number of nitrogens with zero attached hydrogens (tertiary/aromatic N) is 1. The normalized spacial score (nSPS) is 16.2. The molecule has 2 nitrogen and oxygen atoms in total. The van der Waals surface area contributed by atoms with Crippen LogP contribution in [-0.2, 0) is 6.54 Å². The second-order valence-electron chi connectivity index (χ2n) is 5.52. The van der Waals surface area contributed by atoms with Gasteiger partial charge < -0.3 is 9.80 Å². The van der Waals surface area contributed by atoms with Gasteiger partial charge in [0.1, 0.15) is 6.54 Å². The summed E-state index contributed by atoms with van der Waals surface area (Å²) in [6.07, 6.45) is 0. The summed E-state index contributed by atoms with van der Waals surface area (Å²) in [5.74, 6) is 0. The molecule has 2 aromatic carbocycles. The van der Waals surface area contributed by atoms with E-state index in [9.17, 15) is 0 Å². The lowest BCUT2D eigenvalue weighted by molar-refractivity contribution is -0.914. The zero-order valence-electron chi connectivity index (χ0n) is 11.9. The quantitative estimate of drug-likeness (QED) is 0.877. The van der Waals surface area contributed by atoms with Crippen LogP contribution in [0.4, 0.5) is 5.69 Å². The van der Waals surface area contributed by atoms with Gasteiger partial charge in [0.05, 0.1) is 26.2 Å². The van der Waals surface area contributed by atoms with E-state index in [1.54, 1.807) is 4.90 Å². The summed E-state index contributed by atoms with van der Waals surface area (Å²) in [6, 6.07) is 16.8. The van der Waals surface area contributed by atoms with Gasteiger partial charge in [0, 0.05) is 20.7 Å². The van der Waals surface area contributed by atoms with Crippen LogP contribution in [0.3, 0.4) is 0 Å². The van der Waals surface area contributed by atoms with Crippen molar-refractivity contribution in [2.45, 2.75) is 6.54 Å². The lowest BCUT2D eigenvalue weighted by atomic mass is 10.2. The molecule has 1 N–H and O–H groups in total. The Kier molecular flexibility index (Phi) is 4.84. The Labute approximate surface area is 139 Å². The van der Waals surface area contributed by atoms with Crippen LogP contribution in [0.1, 0.15) is 5.56 Å². The first kappa shape index (κ1) is 14.9. The highest BCUT2D eigenvalue weighted by Gasteiger charge is 2.20. The maximum atomic E-state index is 6.08. The molecule has 1 heterocycles. The average molecular weight is 367 g/mol. The minimum Gasteiger partial charge on any atom is -0.360 e. The molecule has 0 spiro atoms. The van der Waals surface area contributed by atoms with Crippen molar-refractivity contribution in [1.82, 2.24) is 0 Å². The zero-order chi connectivity index (χ0) is 14.7. The summed E-state index contributed by atoms with van der Waals surface area (Å²) < 4.78 is 1.16. The van der Waals surface area contributed by atoms with Crippen molar-refractivity contribution in [3.63, 3.8) is 0 Å². The number of hydrogen-bond donors (Lipinski definition) is 1. The summed E-state index contributed by atoms with van der Waals surface area (Å²) in [7, 11) is 0. The Hall–Kier alpha value is -1.03. The van der Waals surface area contributed by atoms with Gasteiger partial charge in [0.2, 0.25) is 0 Å². The molecule has 1 aliphatic heterocycles. The van der Waals surface area contributed by atoms with E-state index in [0.29, 0.717) is 0 Å². The number of piperazine rings is 1. The van der Waals surface area contributed by atoms with E-state index in [1.807, 2.05) is 12.1 Å². The largest absolute Gasteiger partial charge is 0.360 e. The molecule has 1 aliphatic rings. The Morgan fingerprint density at radius 2 is 1.81 bits per heavy atom. The fourth-order valence-corrected chi connectivity index (χ4v) is 3.50. The van der Waals surface area contributed by atoms with Gasteiger partial charge in [0.15, 0.2) is 0 Å². The SMILES string of the molecule is Clc1cccc(N2CC[NH+](Cc3cccc(Br)c3)CC2)c1. The third-order valence-electron chi connectivity index (χ3n) is 3.99. The maximum Gasteiger partial charge on any atom is 0.103 e. The lowest BCUT2D eigenvalue weighted by Crippen LogP contribution is -3.13. The van der Waals surface area contributed by atoms with Crippen molar-refractivity contribution >= 4 is 33.2 Å². The highest BCUT2D eigenvalue weighted by molar-refractivity contribution is 9.10. The summed E-state index contributed by atoms with van der Waals surface area (Å²) in [4.78, 5) is 4.07. The second-order valence-corrected chi connectivity index (χ2v) is 6.88. The first-order chi connectivity index (χ1) is 10.2. The summed E-state index contributed by atoms with van der Waals surface area (Å²) in [5.41, 5.74) is 2.64. The standard InChI is InChI=1S/C17H18BrClN2/c18-15-4-1-3-14(11-15)13-20-7-9-21(10-8-20)17-6-2-5-16(19)12-17/h1-6,11-12H,7-10,13H2/p+1. The number of halogens is 2. The topological polar surface area (TPSA) is 7.68 Å². The van der Waals surface area contributed by atoms with E-state index in [0.717, 1.165) is 29.1 Å². The van der Waals surface area contributed by atoms with E-state index in [2.05, 4.69) is 57.2 Å². The van der Waals surface area contributed by atoms with Crippen molar-refractivity contribution in [2.24, 2.45) is 0 Å².